The first-order chi connectivity index (χ1) is 7.61. The van der Waals surface area contributed by atoms with Crippen molar-refractivity contribution in [3.05, 3.63) is 33.3 Å². The van der Waals surface area contributed by atoms with Crippen molar-refractivity contribution in [3.8, 4) is 5.75 Å². The average molecular weight is 283 g/mol. The molecule has 1 aromatic rings. The maximum Gasteiger partial charge on any atom is 0.334 e. The van der Waals surface area contributed by atoms with E-state index in [1.165, 1.54) is 0 Å². The maximum atomic E-state index is 11.5. The molecular formula is C12H11BrO3. The monoisotopic (exact) mass is 282 g/mol. The fourth-order valence-electron chi connectivity index (χ4n) is 1.71. The molecule has 0 aromatic heterocycles. The van der Waals surface area contributed by atoms with Crippen molar-refractivity contribution in [2.24, 2.45) is 0 Å². The predicted octanol–water partition coefficient (Wildman–Crippen LogP) is 2.66. The van der Waals surface area contributed by atoms with Crippen LogP contribution < -0.4 is 0 Å². The third kappa shape index (κ3) is 1.97. The third-order valence-corrected chi connectivity index (χ3v) is 3.09. The van der Waals surface area contributed by atoms with Crippen LogP contribution in [0.1, 0.15) is 18.1 Å². The molecule has 1 aromatic carbocycles. The van der Waals surface area contributed by atoms with Crippen molar-refractivity contribution in [3.63, 3.8) is 0 Å². The van der Waals surface area contributed by atoms with Gasteiger partial charge in [0, 0.05) is 12.0 Å². The van der Waals surface area contributed by atoms with Gasteiger partial charge >= 0.3 is 5.97 Å². The largest absolute Gasteiger partial charge is 0.507 e. The number of phenolic OH excluding ortho intramolecular Hbond substituents is 1. The topological polar surface area (TPSA) is 46.5 Å². The van der Waals surface area contributed by atoms with Gasteiger partial charge in [-0.05, 0) is 52.2 Å². The van der Waals surface area contributed by atoms with Crippen molar-refractivity contribution < 1.29 is 14.6 Å². The van der Waals surface area contributed by atoms with Gasteiger partial charge in [-0.25, -0.2) is 4.79 Å². The lowest BCUT2D eigenvalue weighted by Gasteiger charge is -2.02. The van der Waals surface area contributed by atoms with Crippen LogP contribution in [0.2, 0.25) is 0 Å². The molecule has 0 unspecified atom stereocenters. The predicted molar refractivity (Wildman–Crippen MR) is 64.1 cm³/mol. The van der Waals surface area contributed by atoms with E-state index >= 15 is 0 Å². The number of rotatable bonds is 2. The van der Waals surface area contributed by atoms with Crippen LogP contribution in [0.4, 0.5) is 0 Å². The van der Waals surface area contributed by atoms with Crippen LogP contribution in [0.3, 0.4) is 0 Å². The normalized spacial score (nSPS) is 13.2. The van der Waals surface area contributed by atoms with E-state index in [1.807, 2.05) is 6.07 Å². The molecule has 1 N–H and O–H groups in total. The van der Waals surface area contributed by atoms with Crippen molar-refractivity contribution in [1.82, 2.24) is 0 Å². The van der Waals surface area contributed by atoms with Gasteiger partial charge in [-0.3, -0.25) is 0 Å². The van der Waals surface area contributed by atoms with Gasteiger partial charge in [0.25, 0.3) is 0 Å². The zero-order valence-corrected chi connectivity index (χ0v) is 10.4. The highest BCUT2D eigenvalue weighted by atomic mass is 79.9. The van der Waals surface area contributed by atoms with Crippen molar-refractivity contribution >= 4 is 28.0 Å². The van der Waals surface area contributed by atoms with Gasteiger partial charge in [0.05, 0.1) is 11.1 Å². The van der Waals surface area contributed by atoms with Gasteiger partial charge in [0.15, 0.2) is 0 Å². The molecule has 0 radical (unpaired) electrons. The average Bonchev–Trinajstić information content (AvgIpc) is 2.62. The number of fused-ring (bicyclic) bond motifs is 1. The highest BCUT2D eigenvalue weighted by molar-refractivity contribution is 9.10. The van der Waals surface area contributed by atoms with E-state index < -0.39 is 0 Å². The highest BCUT2D eigenvalue weighted by Crippen LogP contribution is 2.33. The Hall–Kier alpha value is -1.29. The number of hydrogen-bond donors (Lipinski definition) is 1. The Morgan fingerprint density at radius 2 is 2.31 bits per heavy atom. The Bertz CT molecular complexity index is 477. The second kappa shape index (κ2) is 4.29. The molecule has 84 valence electrons. The van der Waals surface area contributed by atoms with Gasteiger partial charge in [-0.15, -0.1) is 0 Å². The van der Waals surface area contributed by atoms with Crippen LogP contribution in [-0.2, 0) is 16.0 Å². The summed E-state index contributed by atoms with van der Waals surface area (Å²) in [5.74, 6) is -0.102. The zero-order chi connectivity index (χ0) is 11.7. The second-order valence-corrected chi connectivity index (χ2v) is 4.42. The highest BCUT2D eigenvalue weighted by Gasteiger charge is 2.20. The fraction of sp³-hybridized carbons (Fsp3) is 0.250. The standard InChI is InChI=1S/C12H11BrO3/c1-2-16-12(15)9-3-7-5-10(13)11(14)6-8(7)4-9/h4-6,14H,2-3H2,1H3. The molecule has 0 saturated carbocycles. The van der Waals surface area contributed by atoms with Gasteiger partial charge in [0.2, 0.25) is 0 Å². The number of hydrogen-bond acceptors (Lipinski definition) is 3. The first kappa shape index (κ1) is 11.2. The quantitative estimate of drug-likeness (QED) is 0.849. The zero-order valence-electron chi connectivity index (χ0n) is 8.79. The minimum atomic E-state index is -0.283. The minimum Gasteiger partial charge on any atom is -0.507 e. The van der Waals surface area contributed by atoms with Crippen molar-refractivity contribution in [2.75, 3.05) is 6.61 Å². The lowest BCUT2D eigenvalue weighted by Crippen LogP contribution is -2.07. The number of ether oxygens (including phenoxy) is 1. The summed E-state index contributed by atoms with van der Waals surface area (Å²) in [4.78, 5) is 11.5. The molecule has 0 fully saturated rings. The number of esters is 1. The van der Waals surface area contributed by atoms with Crippen molar-refractivity contribution in [2.45, 2.75) is 13.3 Å². The third-order valence-electron chi connectivity index (χ3n) is 2.46. The summed E-state index contributed by atoms with van der Waals surface area (Å²) in [5.41, 5.74) is 2.53. The summed E-state index contributed by atoms with van der Waals surface area (Å²) in [6, 6.07) is 3.47. The van der Waals surface area contributed by atoms with E-state index in [1.54, 1.807) is 19.1 Å². The molecular weight excluding hydrogens is 272 g/mol. The van der Waals surface area contributed by atoms with E-state index in [2.05, 4.69) is 15.9 Å². The van der Waals surface area contributed by atoms with Crippen LogP contribution in [0.25, 0.3) is 6.08 Å². The number of carbonyl (C=O) groups is 1. The minimum absolute atomic E-state index is 0.181. The lowest BCUT2D eigenvalue weighted by atomic mass is 10.1. The van der Waals surface area contributed by atoms with E-state index in [4.69, 9.17) is 4.74 Å². The second-order valence-electron chi connectivity index (χ2n) is 3.57. The Morgan fingerprint density at radius 3 is 3.00 bits per heavy atom. The Labute approximate surface area is 102 Å². The molecule has 0 heterocycles. The maximum absolute atomic E-state index is 11.5. The number of aromatic hydroxyl groups is 1. The number of phenols is 1. The SMILES string of the molecule is CCOC(=O)C1=Cc2cc(O)c(Br)cc2C1. The molecule has 0 bridgehead atoms. The summed E-state index contributed by atoms with van der Waals surface area (Å²) in [6.07, 6.45) is 2.33. The van der Waals surface area contributed by atoms with E-state index in [9.17, 15) is 9.90 Å². The molecule has 0 amide bonds. The first-order valence-corrected chi connectivity index (χ1v) is 5.80. The summed E-state index contributed by atoms with van der Waals surface area (Å²) in [6.45, 7) is 2.16. The molecule has 1 aliphatic carbocycles. The molecule has 0 spiro atoms. The molecule has 3 nitrogen and oxygen atoms in total. The van der Waals surface area contributed by atoms with Crippen LogP contribution in [0.5, 0.6) is 5.75 Å². The number of benzene rings is 1. The molecule has 0 saturated heterocycles. The number of carbonyl (C=O) groups excluding carboxylic acids is 1. The van der Waals surface area contributed by atoms with E-state index in [0.717, 1.165) is 11.1 Å². The van der Waals surface area contributed by atoms with Crippen LogP contribution in [-0.4, -0.2) is 17.7 Å². The molecule has 0 atom stereocenters. The summed E-state index contributed by atoms with van der Waals surface area (Å²) < 4.78 is 5.58. The molecule has 1 aliphatic rings. The van der Waals surface area contributed by atoms with E-state index in [0.29, 0.717) is 23.1 Å². The van der Waals surface area contributed by atoms with Crippen LogP contribution in [0.15, 0.2) is 22.2 Å². The summed E-state index contributed by atoms with van der Waals surface area (Å²) >= 11 is 3.25. The first-order valence-electron chi connectivity index (χ1n) is 5.01. The van der Waals surface area contributed by atoms with Gasteiger partial charge < -0.3 is 9.84 Å². The van der Waals surface area contributed by atoms with Crippen LogP contribution in [0, 0.1) is 0 Å². The van der Waals surface area contributed by atoms with Gasteiger partial charge in [-0.1, -0.05) is 0 Å². The molecule has 0 aliphatic heterocycles. The van der Waals surface area contributed by atoms with E-state index in [-0.39, 0.29) is 11.7 Å². The van der Waals surface area contributed by atoms with Gasteiger partial charge in [-0.2, -0.15) is 0 Å². The molecule has 16 heavy (non-hydrogen) atoms. The van der Waals surface area contributed by atoms with Gasteiger partial charge in [0.1, 0.15) is 5.75 Å². The number of halogens is 1. The Morgan fingerprint density at radius 1 is 1.56 bits per heavy atom. The van der Waals surface area contributed by atoms with Crippen LogP contribution >= 0.6 is 15.9 Å². The van der Waals surface area contributed by atoms with Crippen molar-refractivity contribution in [1.29, 1.82) is 0 Å². The Balaban J connectivity index is 2.28. The summed E-state index contributed by atoms with van der Waals surface area (Å²) in [5, 5.41) is 9.52. The smallest absolute Gasteiger partial charge is 0.334 e. The lowest BCUT2D eigenvalue weighted by molar-refractivity contribution is -0.138. The fourth-order valence-corrected chi connectivity index (χ4v) is 2.10. The molecule has 4 heteroatoms. The summed E-state index contributed by atoms with van der Waals surface area (Å²) in [7, 11) is 0. The Kier molecular flexibility index (Phi) is 3.01. The molecule has 2 rings (SSSR count).